The number of carbonyl (C=O) groups excluding carboxylic acids is 1. The van der Waals surface area contributed by atoms with Crippen LogP contribution in [0.1, 0.15) is 26.2 Å². The number of amides is 2. The number of rotatable bonds is 4. The van der Waals surface area contributed by atoms with Crippen molar-refractivity contribution in [1.82, 2.24) is 10.6 Å². The smallest absolute Gasteiger partial charge is 0.329 e. The van der Waals surface area contributed by atoms with Gasteiger partial charge in [-0.2, -0.15) is 0 Å². The molecule has 0 spiro atoms. The van der Waals surface area contributed by atoms with Crippen molar-refractivity contribution in [3.63, 3.8) is 0 Å². The Morgan fingerprint density at radius 2 is 2.07 bits per heavy atom. The number of hydrogen-bond acceptors (Lipinski definition) is 2. The fraction of sp³-hybridized carbons (Fsp3) is 0.600. The van der Waals surface area contributed by atoms with Crippen LogP contribution in [-0.4, -0.2) is 29.2 Å². The van der Waals surface area contributed by atoms with Crippen molar-refractivity contribution < 1.29 is 14.7 Å². The Balaban J connectivity index is 2.42. The highest BCUT2D eigenvalue weighted by molar-refractivity contribution is 5.87. The summed E-state index contributed by atoms with van der Waals surface area (Å²) in [5, 5.41) is 14.0. The molecule has 5 heteroatoms. The van der Waals surface area contributed by atoms with Gasteiger partial charge < -0.3 is 15.7 Å². The first-order chi connectivity index (χ1) is 6.96. The number of urea groups is 1. The summed E-state index contributed by atoms with van der Waals surface area (Å²) >= 11 is 0. The lowest BCUT2D eigenvalue weighted by atomic mass is 9.77. The molecule has 0 aromatic carbocycles. The Morgan fingerprint density at radius 1 is 1.47 bits per heavy atom. The molecule has 1 aliphatic rings. The molecule has 0 radical (unpaired) electrons. The second-order valence-electron chi connectivity index (χ2n) is 4.01. The maximum absolute atomic E-state index is 11.3. The zero-order valence-electron chi connectivity index (χ0n) is 8.80. The van der Waals surface area contributed by atoms with Gasteiger partial charge in [0.1, 0.15) is 5.54 Å². The topological polar surface area (TPSA) is 78.4 Å². The van der Waals surface area contributed by atoms with Crippen LogP contribution in [0.2, 0.25) is 0 Å². The van der Waals surface area contributed by atoms with Gasteiger partial charge in [0.2, 0.25) is 0 Å². The third-order valence-corrected chi connectivity index (χ3v) is 2.52. The normalized spacial score (nSPS) is 17.4. The van der Waals surface area contributed by atoms with E-state index in [9.17, 15) is 9.59 Å². The van der Waals surface area contributed by atoms with Crippen LogP contribution in [-0.2, 0) is 4.79 Å². The number of nitrogens with one attached hydrogen (secondary N) is 2. The lowest BCUT2D eigenvalue weighted by molar-refractivity contribution is -0.148. The fourth-order valence-electron chi connectivity index (χ4n) is 1.42. The number of hydrogen-bond donors (Lipinski definition) is 3. The zero-order chi connectivity index (χ0) is 11.5. The molecule has 84 valence electrons. The molecule has 0 heterocycles. The third kappa shape index (κ3) is 2.71. The first-order valence-electron chi connectivity index (χ1n) is 4.90. The van der Waals surface area contributed by atoms with Gasteiger partial charge in [0.15, 0.2) is 0 Å². The van der Waals surface area contributed by atoms with E-state index in [-0.39, 0.29) is 0 Å². The summed E-state index contributed by atoms with van der Waals surface area (Å²) in [5.74, 6) is -0.959. The van der Waals surface area contributed by atoms with Gasteiger partial charge >= 0.3 is 12.0 Å². The summed E-state index contributed by atoms with van der Waals surface area (Å²) in [5.41, 5.74) is -0.220. The predicted molar refractivity (Wildman–Crippen MR) is 55.6 cm³/mol. The third-order valence-electron chi connectivity index (χ3n) is 2.52. The van der Waals surface area contributed by atoms with Crippen LogP contribution in [0.4, 0.5) is 4.79 Å². The van der Waals surface area contributed by atoms with Gasteiger partial charge in [-0.1, -0.05) is 12.2 Å². The van der Waals surface area contributed by atoms with E-state index in [1.54, 1.807) is 6.92 Å². The monoisotopic (exact) mass is 212 g/mol. The molecule has 0 bridgehead atoms. The number of carboxylic acids is 1. The van der Waals surface area contributed by atoms with Crippen LogP contribution in [0, 0.1) is 0 Å². The quantitative estimate of drug-likeness (QED) is 0.605. The highest BCUT2D eigenvalue weighted by Gasteiger charge is 2.45. The molecule has 1 rings (SSSR count). The summed E-state index contributed by atoms with van der Waals surface area (Å²) < 4.78 is 0. The number of carboxylic acid groups (broad SMARTS) is 1. The van der Waals surface area contributed by atoms with E-state index in [4.69, 9.17) is 5.11 Å². The van der Waals surface area contributed by atoms with Crippen molar-refractivity contribution in [2.24, 2.45) is 0 Å². The maximum atomic E-state index is 11.3. The number of carbonyl (C=O) groups is 2. The van der Waals surface area contributed by atoms with E-state index >= 15 is 0 Å². The van der Waals surface area contributed by atoms with Crippen molar-refractivity contribution in [1.29, 1.82) is 0 Å². The van der Waals surface area contributed by atoms with Crippen molar-refractivity contribution in [2.75, 3.05) is 6.54 Å². The molecular weight excluding hydrogens is 196 g/mol. The molecule has 2 amide bonds. The minimum atomic E-state index is -1.04. The Morgan fingerprint density at radius 3 is 2.40 bits per heavy atom. The molecule has 1 aliphatic carbocycles. The van der Waals surface area contributed by atoms with E-state index in [0.29, 0.717) is 19.4 Å². The Bertz CT molecular complexity index is 295. The summed E-state index contributed by atoms with van der Waals surface area (Å²) in [6, 6.07) is -0.444. The first-order valence-corrected chi connectivity index (χ1v) is 4.90. The van der Waals surface area contributed by atoms with Gasteiger partial charge in [-0.3, -0.25) is 0 Å². The van der Waals surface area contributed by atoms with E-state index in [1.165, 1.54) is 0 Å². The molecule has 5 nitrogen and oxygen atoms in total. The van der Waals surface area contributed by atoms with Gasteiger partial charge in [0, 0.05) is 6.54 Å². The second-order valence-corrected chi connectivity index (χ2v) is 4.01. The molecule has 1 fully saturated rings. The van der Waals surface area contributed by atoms with E-state index in [2.05, 4.69) is 17.2 Å². The lowest BCUT2D eigenvalue weighted by Crippen LogP contribution is -2.61. The predicted octanol–water partition coefficient (Wildman–Crippen LogP) is 0.869. The molecular formula is C10H16N2O3. The largest absolute Gasteiger partial charge is 0.480 e. The van der Waals surface area contributed by atoms with Gasteiger partial charge in [0.25, 0.3) is 0 Å². The minimum Gasteiger partial charge on any atom is -0.480 e. The van der Waals surface area contributed by atoms with Crippen LogP contribution < -0.4 is 10.6 Å². The Hall–Kier alpha value is -1.52. The molecule has 3 N–H and O–H groups in total. The average Bonchev–Trinajstić information content (AvgIpc) is 2.07. The SMILES string of the molecule is C=C(C)CNC(=O)NC1(C(=O)O)CCC1. The van der Waals surface area contributed by atoms with E-state index < -0.39 is 17.5 Å². The summed E-state index contributed by atoms with van der Waals surface area (Å²) in [6.45, 7) is 5.78. The highest BCUT2D eigenvalue weighted by atomic mass is 16.4. The molecule has 0 aromatic rings. The number of aliphatic carboxylic acids is 1. The molecule has 0 unspecified atom stereocenters. The van der Waals surface area contributed by atoms with Crippen molar-refractivity contribution in [3.8, 4) is 0 Å². The van der Waals surface area contributed by atoms with Crippen molar-refractivity contribution in [3.05, 3.63) is 12.2 Å². The van der Waals surface area contributed by atoms with Crippen LogP contribution in [0.3, 0.4) is 0 Å². The van der Waals surface area contributed by atoms with Crippen LogP contribution in [0.5, 0.6) is 0 Å². The summed E-state index contributed by atoms with van der Waals surface area (Å²) in [6.07, 6.45) is 1.85. The summed E-state index contributed by atoms with van der Waals surface area (Å²) in [7, 11) is 0. The van der Waals surface area contributed by atoms with Crippen LogP contribution in [0.25, 0.3) is 0 Å². The molecule has 1 saturated carbocycles. The fourth-order valence-corrected chi connectivity index (χ4v) is 1.42. The van der Waals surface area contributed by atoms with Crippen molar-refractivity contribution >= 4 is 12.0 Å². The van der Waals surface area contributed by atoms with Gasteiger partial charge in [-0.05, 0) is 26.2 Å². The molecule has 0 saturated heterocycles. The summed E-state index contributed by atoms with van der Waals surface area (Å²) in [4.78, 5) is 22.3. The standard InChI is InChI=1S/C10H16N2O3/c1-7(2)6-11-9(15)12-10(8(13)14)4-3-5-10/h1,3-6H2,2H3,(H,13,14)(H2,11,12,15). The second kappa shape index (κ2) is 4.33. The van der Waals surface area contributed by atoms with Gasteiger partial charge in [-0.15, -0.1) is 0 Å². The minimum absolute atomic E-state index is 0.363. The van der Waals surface area contributed by atoms with Gasteiger partial charge in [-0.25, -0.2) is 9.59 Å². The highest BCUT2D eigenvalue weighted by Crippen LogP contribution is 2.31. The van der Waals surface area contributed by atoms with E-state index in [1.807, 2.05) is 0 Å². The Kier molecular flexibility index (Phi) is 3.34. The van der Waals surface area contributed by atoms with Crippen LogP contribution in [0.15, 0.2) is 12.2 Å². The zero-order valence-corrected chi connectivity index (χ0v) is 8.80. The average molecular weight is 212 g/mol. The Labute approximate surface area is 88.5 Å². The molecule has 15 heavy (non-hydrogen) atoms. The van der Waals surface area contributed by atoms with Gasteiger partial charge in [0.05, 0.1) is 0 Å². The molecule has 0 aromatic heterocycles. The van der Waals surface area contributed by atoms with Crippen LogP contribution >= 0.6 is 0 Å². The first kappa shape index (κ1) is 11.6. The maximum Gasteiger partial charge on any atom is 0.329 e. The van der Waals surface area contributed by atoms with Crippen molar-refractivity contribution in [2.45, 2.75) is 31.7 Å². The lowest BCUT2D eigenvalue weighted by Gasteiger charge is -2.38. The molecule has 0 atom stereocenters. The van der Waals surface area contributed by atoms with E-state index in [0.717, 1.165) is 12.0 Å². The molecule has 0 aliphatic heterocycles.